The number of carboxylic acid groups (broad SMARTS) is 1. The van der Waals surface area contributed by atoms with E-state index in [1.165, 1.54) is 12.1 Å². The largest absolute Gasteiger partial charge is 0.478 e. The lowest BCUT2D eigenvalue weighted by Gasteiger charge is -2.10. The molecule has 0 unspecified atom stereocenters. The van der Waals surface area contributed by atoms with Crippen LogP contribution in [0, 0.1) is 0 Å². The number of hydrogen-bond acceptors (Lipinski definition) is 2. The van der Waals surface area contributed by atoms with E-state index in [0.717, 1.165) is 12.5 Å². The average Bonchev–Trinajstić information content (AvgIpc) is 2.19. The molecule has 88 valence electrons. The fraction of sp³-hybridized carbons (Fsp3) is 0.364. The van der Waals surface area contributed by atoms with E-state index in [4.69, 9.17) is 5.11 Å². The third-order valence-electron chi connectivity index (χ3n) is 2.05. The first-order valence-electron chi connectivity index (χ1n) is 4.85. The van der Waals surface area contributed by atoms with Gasteiger partial charge in [-0.25, -0.2) is 4.79 Å². The van der Waals surface area contributed by atoms with Crippen molar-refractivity contribution < 1.29 is 23.4 Å². The van der Waals surface area contributed by atoms with E-state index in [0.29, 0.717) is 12.0 Å². The quantitative estimate of drug-likeness (QED) is 0.845. The SMILES string of the molecule is CCCc1ccc(C(=O)O)cc1OC(F)F. The number of aromatic carboxylic acids is 1. The second-order valence-corrected chi connectivity index (χ2v) is 3.26. The number of benzene rings is 1. The Morgan fingerprint density at radius 1 is 1.50 bits per heavy atom. The van der Waals surface area contributed by atoms with Crippen molar-refractivity contribution in [2.24, 2.45) is 0 Å². The van der Waals surface area contributed by atoms with Crippen molar-refractivity contribution in [2.75, 3.05) is 0 Å². The summed E-state index contributed by atoms with van der Waals surface area (Å²) >= 11 is 0. The number of hydrogen-bond donors (Lipinski definition) is 1. The zero-order valence-corrected chi connectivity index (χ0v) is 8.74. The van der Waals surface area contributed by atoms with Gasteiger partial charge < -0.3 is 9.84 Å². The van der Waals surface area contributed by atoms with Gasteiger partial charge in [-0.2, -0.15) is 8.78 Å². The number of alkyl halides is 2. The first-order chi connectivity index (χ1) is 7.54. The molecule has 1 N–H and O–H groups in total. The maximum atomic E-state index is 12.1. The van der Waals surface area contributed by atoms with Crippen LogP contribution in [0.2, 0.25) is 0 Å². The minimum atomic E-state index is -2.94. The molecule has 0 aliphatic carbocycles. The van der Waals surface area contributed by atoms with Crippen molar-refractivity contribution in [3.05, 3.63) is 29.3 Å². The van der Waals surface area contributed by atoms with Gasteiger partial charge in [-0.15, -0.1) is 0 Å². The van der Waals surface area contributed by atoms with E-state index in [1.807, 2.05) is 6.92 Å². The zero-order chi connectivity index (χ0) is 12.1. The van der Waals surface area contributed by atoms with Crippen LogP contribution in [0.4, 0.5) is 8.78 Å². The van der Waals surface area contributed by atoms with E-state index >= 15 is 0 Å². The second kappa shape index (κ2) is 5.44. The summed E-state index contributed by atoms with van der Waals surface area (Å²) in [5, 5.41) is 8.72. The molecule has 0 amide bonds. The Morgan fingerprint density at radius 3 is 2.69 bits per heavy atom. The number of rotatable bonds is 5. The summed E-state index contributed by atoms with van der Waals surface area (Å²) in [6.07, 6.45) is 1.34. The highest BCUT2D eigenvalue weighted by molar-refractivity contribution is 5.88. The van der Waals surface area contributed by atoms with Gasteiger partial charge in [0.1, 0.15) is 5.75 Å². The zero-order valence-electron chi connectivity index (χ0n) is 8.74. The minimum Gasteiger partial charge on any atom is -0.478 e. The standard InChI is InChI=1S/C11H12F2O3/c1-2-3-7-4-5-8(10(14)15)6-9(7)16-11(12)13/h4-6,11H,2-3H2,1H3,(H,14,15). The molecule has 16 heavy (non-hydrogen) atoms. The maximum absolute atomic E-state index is 12.1. The van der Waals surface area contributed by atoms with Crippen LogP contribution >= 0.6 is 0 Å². The van der Waals surface area contributed by atoms with Gasteiger partial charge in [-0.3, -0.25) is 0 Å². The lowest BCUT2D eigenvalue weighted by Crippen LogP contribution is -2.06. The molecular weight excluding hydrogens is 218 g/mol. The van der Waals surface area contributed by atoms with Crippen molar-refractivity contribution >= 4 is 5.97 Å². The molecule has 0 aromatic heterocycles. The highest BCUT2D eigenvalue weighted by Crippen LogP contribution is 2.23. The molecule has 0 atom stereocenters. The summed E-state index contributed by atoms with van der Waals surface area (Å²) in [7, 11) is 0. The predicted octanol–water partition coefficient (Wildman–Crippen LogP) is 2.94. The second-order valence-electron chi connectivity index (χ2n) is 3.26. The maximum Gasteiger partial charge on any atom is 0.387 e. The average molecular weight is 230 g/mol. The summed E-state index contributed by atoms with van der Waals surface area (Å²) in [5.41, 5.74) is 0.531. The van der Waals surface area contributed by atoms with Crippen molar-refractivity contribution in [1.29, 1.82) is 0 Å². The number of halogens is 2. The molecule has 5 heteroatoms. The Kier molecular flexibility index (Phi) is 4.22. The van der Waals surface area contributed by atoms with E-state index in [9.17, 15) is 13.6 Å². The molecule has 0 radical (unpaired) electrons. The van der Waals surface area contributed by atoms with E-state index in [2.05, 4.69) is 4.74 Å². The van der Waals surface area contributed by atoms with Gasteiger partial charge in [-0.1, -0.05) is 19.4 Å². The van der Waals surface area contributed by atoms with Crippen LogP contribution in [-0.2, 0) is 6.42 Å². The van der Waals surface area contributed by atoms with E-state index in [-0.39, 0.29) is 11.3 Å². The lowest BCUT2D eigenvalue weighted by molar-refractivity contribution is -0.0505. The smallest absolute Gasteiger partial charge is 0.387 e. The molecule has 0 saturated carbocycles. The molecule has 0 aliphatic heterocycles. The van der Waals surface area contributed by atoms with Gasteiger partial charge in [0.15, 0.2) is 0 Å². The van der Waals surface area contributed by atoms with Crippen LogP contribution in [0.1, 0.15) is 29.3 Å². The van der Waals surface area contributed by atoms with Crippen LogP contribution in [0.5, 0.6) is 5.75 Å². The minimum absolute atomic E-state index is 0.0586. The van der Waals surface area contributed by atoms with Crippen molar-refractivity contribution in [3.63, 3.8) is 0 Å². The van der Waals surface area contributed by atoms with Crippen LogP contribution in [0.15, 0.2) is 18.2 Å². The number of ether oxygens (including phenoxy) is 1. The third-order valence-corrected chi connectivity index (χ3v) is 2.05. The first-order valence-corrected chi connectivity index (χ1v) is 4.85. The molecule has 1 rings (SSSR count). The molecule has 0 heterocycles. The Labute approximate surface area is 91.7 Å². The Morgan fingerprint density at radius 2 is 2.19 bits per heavy atom. The Balaban J connectivity index is 3.05. The van der Waals surface area contributed by atoms with Gasteiger partial charge in [0.25, 0.3) is 0 Å². The van der Waals surface area contributed by atoms with Crippen molar-refractivity contribution in [3.8, 4) is 5.75 Å². The van der Waals surface area contributed by atoms with E-state index in [1.54, 1.807) is 0 Å². The number of aryl methyl sites for hydroxylation is 1. The summed E-state index contributed by atoms with van der Waals surface area (Å²) < 4.78 is 28.5. The summed E-state index contributed by atoms with van der Waals surface area (Å²) in [5.74, 6) is -1.22. The lowest BCUT2D eigenvalue weighted by atomic mass is 10.1. The monoisotopic (exact) mass is 230 g/mol. The number of carboxylic acids is 1. The molecule has 1 aromatic carbocycles. The molecule has 1 aromatic rings. The fourth-order valence-electron chi connectivity index (χ4n) is 1.37. The van der Waals surface area contributed by atoms with Gasteiger partial charge >= 0.3 is 12.6 Å². The molecule has 0 aliphatic rings. The Bertz CT molecular complexity index is 377. The van der Waals surface area contributed by atoms with Crippen molar-refractivity contribution in [1.82, 2.24) is 0 Å². The highest BCUT2D eigenvalue weighted by atomic mass is 19.3. The number of carbonyl (C=O) groups is 1. The molecule has 0 bridgehead atoms. The summed E-state index contributed by atoms with van der Waals surface area (Å²) in [4.78, 5) is 10.7. The molecule has 0 fully saturated rings. The topological polar surface area (TPSA) is 46.5 Å². The molecule has 0 spiro atoms. The van der Waals surface area contributed by atoms with Gasteiger partial charge in [0.2, 0.25) is 0 Å². The van der Waals surface area contributed by atoms with Gasteiger partial charge in [-0.05, 0) is 24.1 Å². The molecule has 0 saturated heterocycles. The fourth-order valence-corrected chi connectivity index (χ4v) is 1.37. The van der Waals surface area contributed by atoms with Crippen LogP contribution in [-0.4, -0.2) is 17.7 Å². The molecule has 3 nitrogen and oxygen atoms in total. The first kappa shape index (κ1) is 12.4. The van der Waals surface area contributed by atoms with E-state index < -0.39 is 12.6 Å². The van der Waals surface area contributed by atoms with Crippen molar-refractivity contribution in [2.45, 2.75) is 26.4 Å². The Hall–Kier alpha value is -1.65. The summed E-state index contributed by atoms with van der Waals surface area (Å²) in [6.45, 7) is -1.04. The van der Waals surface area contributed by atoms with Gasteiger partial charge in [0.05, 0.1) is 5.56 Å². The van der Waals surface area contributed by atoms with Crippen LogP contribution < -0.4 is 4.74 Å². The van der Waals surface area contributed by atoms with Crippen LogP contribution in [0.25, 0.3) is 0 Å². The normalized spacial score (nSPS) is 10.5. The summed E-state index contributed by atoms with van der Waals surface area (Å²) in [6, 6.07) is 4.01. The highest BCUT2D eigenvalue weighted by Gasteiger charge is 2.12. The molecular formula is C11H12F2O3. The predicted molar refractivity (Wildman–Crippen MR) is 54.0 cm³/mol. The van der Waals surface area contributed by atoms with Crippen LogP contribution in [0.3, 0.4) is 0 Å². The third kappa shape index (κ3) is 3.18. The van der Waals surface area contributed by atoms with Gasteiger partial charge in [0, 0.05) is 0 Å².